The summed E-state index contributed by atoms with van der Waals surface area (Å²) < 4.78 is 5.30. The van der Waals surface area contributed by atoms with Gasteiger partial charge in [0, 0.05) is 18.7 Å². The van der Waals surface area contributed by atoms with Crippen LogP contribution in [-0.4, -0.2) is 30.1 Å². The zero-order valence-corrected chi connectivity index (χ0v) is 17.7. The van der Waals surface area contributed by atoms with Crippen LogP contribution in [0.3, 0.4) is 0 Å². The molecule has 1 unspecified atom stereocenters. The van der Waals surface area contributed by atoms with E-state index in [-0.39, 0.29) is 12.5 Å². The van der Waals surface area contributed by atoms with Crippen LogP contribution in [0.4, 0.5) is 5.69 Å². The summed E-state index contributed by atoms with van der Waals surface area (Å²) in [5.74, 6) is 1.41. The average Bonchev–Trinajstić information content (AvgIpc) is 3.19. The summed E-state index contributed by atoms with van der Waals surface area (Å²) in [7, 11) is 0. The van der Waals surface area contributed by atoms with Gasteiger partial charge in [0.05, 0.1) is 19.4 Å². The number of nitrogens with zero attached hydrogens (tertiary/aromatic N) is 1. The number of guanidine groups is 1. The summed E-state index contributed by atoms with van der Waals surface area (Å²) in [6.07, 6.45) is 2.03. The molecule has 4 N–H and O–H groups in total. The Hall–Kier alpha value is -2.80. The van der Waals surface area contributed by atoms with Crippen LogP contribution in [0.1, 0.15) is 45.4 Å². The van der Waals surface area contributed by atoms with Gasteiger partial charge in [-0.3, -0.25) is 4.79 Å². The molecule has 7 nitrogen and oxygen atoms in total. The first-order valence-corrected chi connectivity index (χ1v) is 9.97. The highest BCUT2D eigenvalue weighted by Gasteiger charge is 2.26. The molecule has 0 radical (unpaired) electrons. The number of aliphatic hydroxyl groups is 1. The lowest BCUT2D eigenvalue weighted by atomic mass is 10.0. The van der Waals surface area contributed by atoms with Gasteiger partial charge in [-0.25, -0.2) is 4.99 Å². The van der Waals surface area contributed by atoms with E-state index in [9.17, 15) is 9.90 Å². The topological polar surface area (TPSA) is 98.9 Å². The molecule has 158 valence electrons. The van der Waals surface area contributed by atoms with E-state index in [1.807, 2.05) is 45.0 Å². The second-order valence-corrected chi connectivity index (χ2v) is 7.65. The van der Waals surface area contributed by atoms with Gasteiger partial charge in [-0.2, -0.15) is 0 Å². The van der Waals surface area contributed by atoms with Crippen LogP contribution >= 0.6 is 0 Å². The Kier molecular flexibility index (Phi) is 8.27. The van der Waals surface area contributed by atoms with Gasteiger partial charge < -0.3 is 25.5 Å². The van der Waals surface area contributed by atoms with E-state index in [1.165, 1.54) is 6.26 Å². The van der Waals surface area contributed by atoms with Crippen molar-refractivity contribution in [2.75, 3.05) is 18.4 Å². The van der Waals surface area contributed by atoms with E-state index in [1.54, 1.807) is 19.1 Å². The van der Waals surface area contributed by atoms with Gasteiger partial charge in [0.15, 0.2) is 5.96 Å². The molecule has 0 bridgehead atoms. The zero-order chi connectivity index (χ0) is 21.3. The van der Waals surface area contributed by atoms with Gasteiger partial charge in [0.25, 0.3) is 0 Å². The van der Waals surface area contributed by atoms with E-state index >= 15 is 0 Å². The van der Waals surface area contributed by atoms with Crippen LogP contribution in [0, 0.1) is 5.92 Å². The Bertz CT molecular complexity index is 798. The molecule has 2 rings (SSSR count). The number of aliphatic imine (C=N–C) groups is 1. The fraction of sp³-hybridized carbons (Fsp3) is 0.455. The minimum atomic E-state index is -1.15. The molecule has 0 fully saturated rings. The number of hydrogen-bond acceptors (Lipinski definition) is 4. The molecule has 1 amide bonds. The SMILES string of the molecule is CCNC(=NCc1cccc(NC(=O)CC(C)C)c1)NCC(C)(O)c1ccco1. The van der Waals surface area contributed by atoms with Crippen LogP contribution < -0.4 is 16.0 Å². The van der Waals surface area contributed by atoms with Crippen LogP contribution in [0.25, 0.3) is 0 Å². The van der Waals surface area contributed by atoms with E-state index in [4.69, 9.17) is 4.42 Å². The molecule has 0 aliphatic rings. The molecule has 1 atom stereocenters. The molecule has 2 aromatic rings. The number of furan rings is 1. The first kappa shape index (κ1) is 22.5. The lowest BCUT2D eigenvalue weighted by Crippen LogP contribution is -2.44. The van der Waals surface area contributed by atoms with Crippen molar-refractivity contribution in [3.05, 3.63) is 54.0 Å². The maximum atomic E-state index is 12.0. The fourth-order valence-electron chi connectivity index (χ4n) is 2.77. The minimum absolute atomic E-state index is 0.0100. The van der Waals surface area contributed by atoms with Crippen LogP contribution in [0.5, 0.6) is 0 Å². The summed E-state index contributed by atoms with van der Waals surface area (Å²) in [6.45, 7) is 9.08. The molecular weight excluding hydrogens is 368 g/mol. The van der Waals surface area contributed by atoms with Crippen molar-refractivity contribution in [1.82, 2.24) is 10.6 Å². The number of amides is 1. The monoisotopic (exact) mass is 400 g/mol. The van der Waals surface area contributed by atoms with Crippen LogP contribution in [0.15, 0.2) is 52.1 Å². The third-order valence-electron chi connectivity index (χ3n) is 4.22. The van der Waals surface area contributed by atoms with E-state index < -0.39 is 5.60 Å². The molecular formula is C22H32N4O3. The Morgan fingerprint density at radius 2 is 2.03 bits per heavy atom. The fourth-order valence-corrected chi connectivity index (χ4v) is 2.77. The number of benzene rings is 1. The molecule has 0 spiro atoms. The van der Waals surface area contributed by atoms with Gasteiger partial charge in [0.1, 0.15) is 11.4 Å². The predicted molar refractivity (Wildman–Crippen MR) is 116 cm³/mol. The summed E-state index contributed by atoms with van der Waals surface area (Å²) in [4.78, 5) is 16.5. The van der Waals surface area contributed by atoms with Crippen LogP contribution in [0.2, 0.25) is 0 Å². The normalized spacial score (nSPS) is 13.8. The molecule has 7 heteroatoms. The largest absolute Gasteiger partial charge is 0.466 e. The number of rotatable bonds is 9. The van der Waals surface area contributed by atoms with Crippen molar-refractivity contribution in [3.63, 3.8) is 0 Å². The third kappa shape index (κ3) is 7.62. The summed E-state index contributed by atoms with van der Waals surface area (Å²) in [5, 5.41) is 19.8. The smallest absolute Gasteiger partial charge is 0.224 e. The molecule has 1 aromatic heterocycles. The van der Waals surface area contributed by atoms with Crippen molar-refractivity contribution in [1.29, 1.82) is 0 Å². The van der Waals surface area contributed by atoms with Gasteiger partial charge in [0.2, 0.25) is 5.91 Å². The summed E-state index contributed by atoms with van der Waals surface area (Å²) in [6, 6.07) is 11.1. The Labute approximate surface area is 172 Å². The first-order valence-electron chi connectivity index (χ1n) is 9.97. The molecule has 0 saturated carbocycles. The molecule has 1 aromatic carbocycles. The molecule has 0 saturated heterocycles. The minimum Gasteiger partial charge on any atom is -0.466 e. The van der Waals surface area contributed by atoms with Crippen LogP contribution in [-0.2, 0) is 16.9 Å². The molecule has 29 heavy (non-hydrogen) atoms. The van der Waals surface area contributed by atoms with E-state index in [0.717, 1.165) is 11.3 Å². The van der Waals surface area contributed by atoms with Crippen molar-refractivity contribution >= 4 is 17.6 Å². The standard InChI is InChI=1S/C22H32N4O3/c1-5-23-21(25-15-22(4,28)19-10-7-11-29-19)24-14-17-8-6-9-18(13-17)26-20(27)12-16(2)3/h6-11,13,16,28H,5,12,14-15H2,1-4H3,(H,26,27)(H2,23,24,25). The average molecular weight is 401 g/mol. The van der Waals surface area contributed by atoms with E-state index in [2.05, 4.69) is 20.9 Å². The number of hydrogen-bond donors (Lipinski definition) is 4. The summed E-state index contributed by atoms with van der Waals surface area (Å²) in [5.41, 5.74) is 0.588. The highest BCUT2D eigenvalue weighted by molar-refractivity contribution is 5.90. The van der Waals surface area contributed by atoms with Crippen molar-refractivity contribution in [3.8, 4) is 0 Å². The zero-order valence-electron chi connectivity index (χ0n) is 17.7. The lowest BCUT2D eigenvalue weighted by molar-refractivity contribution is -0.116. The maximum Gasteiger partial charge on any atom is 0.224 e. The second-order valence-electron chi connectivity index (χ2n) is 7.65. The highest BCUT2D eigenvalue weighted by Crippen LogP contribution is 2.19. The number of nitrogens with one attached hydrogen (secondary N) is 3. The van der Waals surface area contributed by atoms with Gasteiger partial charge in [-0.15, -0.1) is 0 Å². The van der Waals surface area contributed by atoms with Crippen molar-refractivity contribution < 1.29 is 14.3 Å². The summed E-state index contributed by atoms with van der Waals surface area (Å²) >= 11 is 0. The molecule has 0 aliphatic carbocycles. The number of anilines is 1. The van der Waals surface area contributed by atoms with Crippen molar-refractivity contribution in [2.45, 2.75) is 46.3 Å². The highest BCUT2D eigenvalue weighted by atomic mass is 16.4. The van der Waals surface area contributed by atoms with Gasteiger partial charge in [-0.05, 0) is 49.6 Å². The lowest BCUT2D eigenvalue weighted by Gasteiger charge is -2.22. The Morgan fingerprint density at radius 1 is 1.24 bits per heavy atom. The number of carbonyl (C=O) groups is 1. The molecule has 1 heterocycles. The van der Waals surface area contributed by atoms with Gasteiger partial charge >= 0.3 is 0 Å². The number of carbonyl (C=O) groups excluding carboxylic acids is 1. The van der Waals surface area contributed by atoms with Crippen molar-refractivity contribution in [2.24, 2.45) is 10.9 Å². The Morgan fingerprint density at radius 3 is 2.69 bits per heavy atom. The third-order valence-corrected chi connectivity index (χ3v) is 4.22. The second kappa shape index (κ2) is 10.7. The quantitative estimate of drug-likeness (QED) is 0.383. The van der Waals surface area contributed by atoms with E-state index in [0.29, 0.717) is 37.1 Å². The predicted octanol–water partition coefficient (Wildman–Crippen LogP) is 3.23. The first-order chi connectivity index (χ1) is 13.8. The van der Waals surface area contributed by atoms with Gasteiger partial charge in [-0.1, -0.05) is 26.0 Å². The molecule has 0 aliphatic heterocycles. The maximum absolute atomic E-state index is 12.0. The Balaban J connectivity index is 1.99.